The minimum atomic E-state index is -0.264. The molecule has 1 heterocycles. The third-order valence-corrected chi connectivity index (χ3v) is 5.49. The van der Waals surface area contributed by atoms with E-state index in [9.17, 15) is 4.79 Å². The Kier molecular flexibility index (Phi) is 6.99. The van der Waals surface area contributed by atoms with Crippen LogP contribution in [0.25, 0.3) is 0 Å². The molecule has 0 bridgehead atoms. The molecular formula is C23H30N2O4. The van der Waals surface area contributed by atoms with Crippen molar-refractivity contribution in [2.24, 2.45) is 0 Å². The Hall–Kier alpha value is -2.73. The Bertz CT molecular complexity index is 836. The molecule has 0 spiro atoms. The molecule has 6 heteroatoms. The summed E-state index contributed by atoms with van der Waals surface area (Å²) in [4.78, 5) is 15.3. The zero-order valence-electron chi connectivity index (χ0n) is 17.7. The lowest BCUT2D eigenvalue weighted by molar-refractivity contribution is 0.102. The second kappa shape index (κ2) is 9.65. The number of carbonyl (C=O) groups is 1. The van der Waals surface area contributed by atoms with Gasteiger partial charge < -0.3 is 19.5 Å². The van der Waals surface area contributed by atoms with Crippen LogP contribution >= 0.6 is 0 Å². The van der Waals surface area contributed by atoms with Crippen molar-refractivity contribution < 1.29 is 19.0 Å². The Morgan fingerprint density at radius 3 is 2.28 bits per heavy atom. The minimum absolute atomic E-state index is 0.264. The predicted octanol–water partition coefficient (Wildman–Crippen LogP) is 4.34. The first-order chi connectivity index (χ1) is 14.0. The van der Waals surface area contributed by atoms with E-state index >= 15 is 0 Å². The van der Waals surface area contributed by atoms with Crippen molar-refractivity contribution in [2.45, 2.75) is 38.8 Å². The molecule has 1 saturated heterocycles. The van der Waals surface area contributed by atoms with E-state index in [4.69, 9.17) is 14.2 Å². The van der Waals surface area contributed by atoms with Gasteiger partial charge in [0.05, 0.1) is 26.9 Å². The molecule has 0 saturated carbocycles. The Morgan fingerprint density at radius 2 is 1.66 bits per heavy atom. The third kappa shape index (κ3) is 5.01. The summed E-state index contributed by atoms with van der Waals surface area (Å²) in [6, 6.07) is 11.9. The summed E-state index contributed by atoms with van der Waals surface area (Å²) in [7, 11) is 4.60. The van der Waals surface area contributed by atoms with Crippen molar-refractivity contribution in [3.8, 4) is 17.2 Å². The molecule has 1 atom stereocenters. The number of rotatable bonds is 7. The fourth-order valence-electron chi connectivity index (χ4n) is 3.73. The highest BCUT2D eigenvalue weighted by molar-refractivity contribution is 6.06. The van der Waals surface area contributed by atoms with Crippen LogP contribution in [0.5, 0.6) is 17.2 Å². The van der Waals surface area contributed by atoms with Crippen LogP contribution in [-0.4, -0.2) is 44.7 Å². The number of nitrogens with one attached hydrogen (secondary N) is 1. The SMILES string of the molecule is COc1cc(OC)c(C(=O)Nc2ccc(CN3CCCCC3C)cc2)cc1OC. The number of hydrogen-bond donors (Lipinski definition) is 1. The van der Waals surface area contributed by atoms with E-state index < -0.39 is 0 Å². The first-order valence-electron chi connectivity index (χ1n) is 10.00. The van der Waals surface area contributed by atoms with Gasteiger partial charge in [0.1, 0.15) is 5.75 Å². The summed E-state index contributed by atoms with van der Waals surface area (Å²) < 4.78 is 15.9. The van der Waals surface area contributed by atoms with E-state index in [0.29, 0.717) is 28.9 Å². The Balaban J connectivity index is 1.70. The predicted molar refractivity (Wildman–Crippen MR) is 114 cm³/mol. The van der Waals surface area contributed by atoms with Gasteiger partial charge >= 0.3 is 0 Å². The van der Waals surface area contributed by atoms with Crippen molar-refractivity contribution in [3.05, 3.63) is 47.5 Å². The van der Waals surface area contributed by atoms with Gasteiger partial charge in [0.25, 0.3) is 5.91 Å². The number of methoxy groups -OCH3 is 3. The number of nitrogens with zero attached hydrogens (tertiary/aromatic N) is 1. The molecular weight excluding hydrogens is 368 g/mol. The minimum Gasteiger partial charge on any atom is -0.496 e. The van der Waals surface area contributed by atoms with Gasteiger partial charge in [-0.1, -0.05) is 18.6 Å². The fourth-order valence-corrected chi connectivity index (χ4v) is 3.73. The van der Waals surface area contributed by atoms with Crippen LogP contribution in [0.4, 0.5) is 5.69 Å². The van der Waals surface area contributed by atoms with E-state index in [2.05, 4.69) is 29.3 Å². The second-order valence-corrected chi connectivity index (χ2v) is 7.37. The van der Waals surface area contributed by atoms with E-state index in [1.54, 1.807) is 19.2 Å². The number of anilines is 1. The number of hydrogen-bond acceptors (Lipinski definition) is 5. The monoisotopic (exact) mass is 398 g/mol. The van der Waals surface area contributed by atoms with Gasteiger partial charge in [-0.2, -0.15) is 0 Å². The van der Waals surface area contributed by atoms with Crippen LogP contribution in [0.2, 0.25) is 0 Å². The van der Waals surface area contributed by atoms with Crippen LogP contribution in [0.3, 0.4) is 0 Å². The third-order valence-electron chi connectivity index (χ3n) is 5.49. The lowest BCUT2D eigenvalue weighted by Crippen LogP contribution is -2.36. The number of carbonyl (C=O) groups excluding carboxylic acids is 1. The highest BCUT2D eigenvalue weighted by Gasteiger charge is 2.19. The maximum atomic E-state index is 12.8. The van der Waals surface area contributed by atoms with Gasteiger partial charge in [-0.05, 0) is 44.0 Å². The molecule has 1 N–H and O–H groups in total. The van der Waals surface area contributed by atoms with E-state index in [0.717, 1.165) is 18.8 Å². The first-order valence-corrected chi connectivity index (χ1v) is 10.00. The van der Waals surface area contributed by atoms with Crippen LogP contribution in [0, 0.1) is 0 Å². The molecule has 156 valence electrons. The van der Waals surface area contributed by atoms with Gasteiger partial charge in [-0.25, -0.2) is 0 Å². The molecule has 1 unspecified atom stereocenters. The maximum absolute atomic E-state index is 12.8. The molecule has 1 fully saturated rings. The number of ether oxygens (including phenoxy) is 3. The maximum Gasteiger partial charge on any atom is 0.259 e. The zero-order valence-corrected chi connectivity index (χ0v) is 17.7. The van der Waals surface area contributed by atoms with Gasteiger partial charge in [0.15, 0.2) is 11.5 Å². The smallest absolute Gasteiger partial charge is 0.259 e. The number of amides is 1. The van der Waals surface area contributed by atoms with Gasteiger partial charge in [0, 0.05) is 30.4 Å². The average molecular weight is 399 g/mol. The van der Waals surface area contributed by atoms with Crippen LogP contribution < -0.4 is 19.5 Å². The Labute approximate surface area is 172 Å². The van der Waals surface area contributed by atoms with E-state index in [1.165, 1.54) is 39.0 Å². The molecule has 0 aromatic heterocycles. The lowest BCUT2D eigenvalue weighted by atomic mass is 10.0. The summed E-state index contributed by atoms with van der Waals surface area (Å²) in [5.41, 5.74) is 2.37. The average Bonchev–Trinajstić information content (AvgIpc) is 2.75. The highest BCUT2D eigenvalue weighted by Crippen LogP contribution is 2.35. The second-order valence-electron chi connectivity index (χ2n) is 7.37. The number of piperidine rings is 1. The molecule has 1 aliphatic rings. The van der Waals surface area contributed by atoms with Crippen molar-refractivity contribution >= 4 is 11.6 Å². The number of benzene rings is 2. The summed E-state index contributed by atoms with van der Waals surface area (Å²) in [5.74, 6) is 1.15. The Morgan fingerprint density at radius 1 is 1.00 bits per heavy atom. The van der Waals surface area contributed by atoms with Gasteiger partial charge in [0.2, 0.25) is 0 Å². The van der Waals surface area contributed by atoms with Crippen LogP contribution in [-0.2, 0) is 6.54 Å². The fraction of sp³-hybridized carbons (Fsp3) is 0.435. The molecule has 1 amide bonds. The van der Waals surface area contributed by atoms with Crippen LogP contribution in [0.1, 0.15) is 42.1 Å². The largest absolute Gasteiger partial charge is 0.496 e. The van der Waals surface area contributed by atoms with E-state index in [1.807, 2.05) is 12.1 Å². The molecule has 6 nitrogen and oxygen atoms in total. The van der Waals surface area contributed by atoms with E-state index in [-0.39, 0.29) is 5.91 Å². The van der Waals surface area contributed by atoms with Crippen molar-refractivity contribution in [1.82, 2.24) is 4.90 Å². The summed E-state index contributed by atoms with van der Waals surface area (Å²) in [6.07, 6.45) is 3.86. The molecule has 0 radical (unpaired) electrons. The number of likely N-dealkylation sites (tertiary alicyclic amines) is 1. The molecule has 2 aromatic carbocycles. The zero-order chi connectivity index (χ0) is 20.8. The summed E-state index contributed by atoms with van der Waals surface area (Å²) in [5, 5.41) is 2.93. The van der Waals surface area contributed by atoms with Gasteiger partial charge in [-0.15, -0.1) is 0 Å². The van der Waals surface area contributed by atoms with Crippen LogP contribution in [0.15, 0.2) is 36.4 Å². The summed E-state index contributed by atoms with van der Waals surface area (Å²) >= 11 is 0. The quantitative estimate of drug-likeness (QED) is 0.752. The van der Waals surface area contributed by atoms with Crippen molar-refractivity contribution in [3.63, 3.8) is 0 Å². The molecule has 0 aliphatic carbocycles. The molecule has 3 rings (SSSR count). The topological polar surface area (TPSA) is 60.0 Å². The molecule has 29 heavy (non-hydrogen) atoms. The van der Waals surface area contributed by atoms with Crippen molar-refractivity contribution in [1.29, 1.82) is 0 Å². The highest BCUT2D eigenvalue weighted by atomic mass is 16.5. The molecule has 1 aliphatic heterocycles. The van der Waals surface area contributed by atoms with Crippen molar-refractivity contribution in [2.75, 3.05) is 33.2 Å². The van der Waals surface area contributed by atoms with Gasteiger partial charge in [-0.3, -0.25) is 9.69 Å². The normalized spacial score (nSPS) is 16.9. The molecule has 2 aromatic rings. The standard InChI is InChI=1S/C23H30N2O4/c1-16-7-5-6-12-25(16)15-17-8-10-18(11-9-17)24-23(26)19-13-21(28-3)22(29-4)14-20(19)27-2/h8-11,13-14,16H,5-7,12,15H2,1-4H3,(H,24,26). The summed E-state index contributed by atoms with van der Waals surface area (Å²) in [6.45, 7) is 4.39. The first kappa shape index (κ1) is 21.0. The lowest BCUT2D eigenvalue weighted by Gasteiger charge is -2.33.